The van der Waals surface area contributed by atoms with E-state index in [-0.39, 0.29) is 0 Å². The molecule has 0 fully saturated rings. The highest BCUT2D eigenvalue weighted by Gasteiger charge is 2.03. The molecule has 0 saturated heterocycles. The van der Waals surface area contributed by atoms with E-state index in [9.17, 15) is 9.59 Å². The summed E-state index contributed by atoms with van der Waals surface area (Å²) in [5.41, 5.74) is 0.806. The van der Waals surface area contributed by atoms with Crippen LogP contribution in [0.1, 0.15) is 10.4 Å². The molecule has 4 heteroatoms. The molecule has 2 N–H and O–H groups in total. The summed E-state index contributed by atoms with van der Waals surface area (Å²) < 4.78 is 0. The molecule has 0 aliphatic heterocycles. The number of carbonyl (C=O) groups excluding carboxylic acids is 2. The molecule has 68 valence electrons. The summed E-state index contributed by atoms with van der Waals surface area (Å²) in [6.45, 7) is -0.590. The second kappa shape index (κ2) is 4.37. The predicted octanol–water partition coefficient (Wildman–Crippen LogP) is 0.430. The number of aldehydes is 1. The number of nitrogens with one attached hydrogen (secondary N) is 1. The molecule has 4 nitrogen and oxygen atoms in total. The zero-order valence-electron chi connectivity index (χ0n) is 6.86. The van der Waals surface area contributed by atoms with Crippen molar-refractivity contribution in [2.24, 2.45) is 0 Å². The van der Waals surface area contributed by atoms with E-state index in [4.69, 9.17) is 5.11 Å². The zero-order chi connectivity index (χ0) is 9.68. The number of benzene rings is 1. The molecule has 1 amide bonds. The Kier molecular flexibility index (Phi) is 3.16. The Hall–Kier alpha value is -1.68. The molecule has 0 spiro atoms. The van der Waals surface area contributed by atoms with E-state index in [1.54, 1.807) is 24.3 Å². The molecule has 0 radical (unpaired) electrons. The van der Waals surface area contributed by atoms with Gasteiger partial charge in [-0.15, -0.1) is 0 Å². The van der Waals surface area contributed by atoms with Crippen LogP contribution in [0.15, 0.2) is 24.3 Å². The quantitative estimate of drug-likeness (QED) is 0.661. The number of aliphatic hydroxyl groups excluding tert-OH is 1. The summed E-state index contributed by atoms with van der Waals surface area (Å²) >= 11 is 0. The lowest BCUT2D eigenvalue weighted by molar-refractivity contribution is -0.118. The number of para-hydroxylation sites is 1. The maximum absolute atomic E-state index is 10.8. The van der Waals surface area contributed by atoms with Gasteiger partial charge in [0, 0.05) is 5.56 Å². The molecular formula is C9H9NO3. The molecule has 0 saturated carbocycles. The van der Waals surface area contributed by atoms with Crippen molar-refractivity contribution >= 4 is 17.9 Å². The van der Waals surface area contributed by atoms with Gasteiger partial charge in [-0.1, -0.05) is 12.1 Å². The van der Waals surface area contributed by atoms with Gasteiger partial charge in [-0.3, -0.25) is 9.59 Å². The Morgan fingerprint density at radius 3 is 2.77 bits per heavy atom. The molecule has 0 heterocycles. The molecule has 0 aliphatic carbocycles. The monoisotopic (exact) mass is 179 g/mol. The molecule has 0 aliphatic rings. The number of anilines is 1. The lowest BCUT2D eigenvalue weighted by Gasteiger charge is -2.04. The minimum atomic E-state index is -0.590. The second-order valence-corrected chi connectivity index (χ2v) is 2.41. The second-order valence-electron chi connectivity index (χ2n) is 2.41. The molecule has 1 aromatic carbocycles. The average molecular weight is 179 g/mol. The van der Waals surface area contributed by atoms with Crippen LogP contribution in [0.3, 0.4) is 0 Å². The van der Waals surface area contributed by atoms with Crippen LogP contribution in [-0.2, 0) is 4.79 Å². The third-order valence-corrected chi connectivity index (χ3v) is 1.51. The maximum Gasteiger partial charge on any atom is 0.250 e. The molecule has 13 heavy (non-hydrogen) atoms. The van der Waals surface area contributed by atoms with Crippen LogP contribution in [0.25, 0.3) is 0 Å². The van der Waals surface area contributed by atoms with Crippen LogP contribution >= 0.6 is 0 Å². The van der Waals surface area contributed by atoms with Gasteiger partial charge in [0.05, 0.1) is 5.69 Å². The van der Waals surface area contributed by atoms with Crippen molar-refractivity contribution in [3.05, 3.63) is 29.8 Å². The fraction of sp³-hybridized carbons (Fsp3) is 0.111. The zero-order valence-corrected chi connectivity index (χ0v) is 6.86. The normalized spacial score (nSPS) is 9.31. The Labute approximate surface area is 75.2 Å². The van der Waals surface area contributed by atoms with Gasteiger partial charge in [0.1, 0.15) is 6.61 Å². The molecule has 0 bridgehead atoms. The highest BCUT2D eigenvalue weighted by Crippen LogP contribution is 2.11. The van der Waals surface area contributed by atoms with Crippen LogP contribution in [-0.4, -0.2) is 23.9 Å². The number of carbonyl (C=O) groups is 2. The summed E-state index contributed by atoms with van der Waals surface area (Å²) in [5.74, 6) is -0.533. The number of aliphatic hydroxyl groups is 1. The Morgan fingerprint density at radius 2 is 2.15 bits per heavy atom. The standard InChI is InChI=1S/C9H9NO3/c11-5-7-3-1-2-4-8(7)10-9(13)6-12/h1-5,12H,6H2,(H,10,13). The van der Waals surface area contributed by atoms with E-state index in [0.29, 0.717) is 17.5 Å². The highest BCUT2D eigenvalue weighted by molar-refractivity contribution is 5.96. The fourth-order valence-electron chi connectivity index (χ4n) is 0.903. The largest absolute Gasteiger partial charge is 0.387 e. The molecule has 0 aromatic heterocycles. The summed E-state index contributed by atoms with van der Waals surface area (Å²) in [7, 11) is 0. The van der Waals surface area contributed by atoms with Gasteiger partial charge < -0.3 is 10.4 Å². The number of hydrogen-bond acceptors (Lipinski definition) is 3. The first-order valence-corrected chi connectivity index (χ1v) is 3.73. The van der Waals surface area contributed by atoms with Gasteiger partial charge in [-0.05, 0) is 12.1 Å². The van der Waals surface area contributed by atoms with Crippen LogP contribution in [0.4, 0.5) is 5.69 Å². The van der Waals surface area contributed by atoms with Crippen molar-refractivity contribution in [3.63, 3.8) is 0 Å². The van der Waals surface area contributed by atoms with Crippen LogP contribution in [0.5, 0.6) is 0 Å². The first kappa shape index (κ1) is 9.41. The van der Waals surface area contributed by atoms with Gasteiger partial charge >= 0.3 is 0 Å². The van der Waals surface area contributed by atoms with E-state index >= 15 is 0 Å². The lowest BCUT2D eigenvalue weighted by atomic mass is 10.2. The molecule has 0 unspecified atom stereocenters. The summed E-state index contributed by atoms with van der Waals surface area (Å²) in [4.78, 5) is 21.3. The summed E-state index contributed by atoms with van der Waals surface area (Å²) in [6, 6.07) is 6.57. The fourth-order valence-corrected chi connectivity index (χ4v) is 0.903. The predicted molar refractivity (Wildman–Crippen MR) is 47.5 cm³/mol. The molecule has 0 atom stereocenters. The summed E-state index contributed by atoms with van der Waals surface area (Å²) in [5, 5.41) is 10.9. The number of hydrogen-bond donors (Lipinski definition) is 2. The van der Waals surface area contributed by atoms with Crippen LogP contribution in [0, 0.1) is 0 Å². The van der Waals surface area contributed by atoms with Crippen LogP contribution < -0.4 is 5.32 Å². The molecule has 1 rings (SSSR count). The first-order chi connectivity index (χ1) is 6.27. The van der Waals surface area contributed by atoms with Crippen molar-refractivity contribution in [1.82, 2.24) is 0 Å². The first-order valence-electron chi connectivity index (χ1n) is 3.73. The van der Waals surface area contributed by atoms with E-state index < -0.39 is 12.5 Å². The SMILES string of the molecule is O=Cc1ccccc1NC(=O)CO. The number of rotatable bonds is 3. The van der Waals surface area contributed by atoms with Crippen molar-refractivity contribution in [1.29, 1.82) is 0 Å². The van der Waals surface area contributed by atoms with Crippen molar-refractivity contribution < 1.29 is 14.7 Å². The van der Waals surface area contributed by atoms with E-state index in [0.717, 1.165) is 0 Å². The topological polar surface area (TPSA) is 66.4 Å². The van der Waals surface area contributed by atoms with Gasteiger partial charge in [0.25, 0.3) is 0 Å². The summed E-state index contributed by atoms with van der Waals surface area (Å²) in [6.07, 6.45) is 0.646. The maximum atomic E-state index is 10.8. The van der Waals surface area contributed by atoms with Crippen molar-refractivity contribution in [3.8, 4) is 0 Å². The Bertz CT molecular complexity index is 322. The van der Waals surface area contributed by atoms with E-state index in [1.165, 1.54) is 0 Å². The van der Waals surface area contributed by atoms with Gasteiger partial charge in [0.2, 0.25) is 5.91 Å². The van der Waals surface area contributed by atoms with Crippen molar-refractivity contribution in [2.75, 3.05) is 11.9 Å². The van der Waals surface area contributed by atoms with Crippen molar-refractivity contribution in [2.45, 2.75) is 0 Å². The average Bonchev–Trinajstić information content (AvgIpc) is 2.18. The smallest absolute Gasteiger partial charge is 0.250 e. The number of amides is 1. The third kappa shape index (κ3) is 2.38. The van der Waals surface area contributed by atoms with Gasteiger partial charge in [-0.2, -0.15) is 0 Å². The van der Waals surface area contributed by atoms with Gasteiger partial charge in [-0.25, -0.2) is 0 Å². The highest BCUT2D eigenvalue weighted by atomic mass is 16.3. The van der Waals surface area contributed by atoms with E-state index in [2.05, 4.69) is 5.32 Å². The minimum absolute atomic E-state index is 0.393. The Morgan fingerprint density at radius 1 is 1.46 bits per heavy atom. The Balaban J connectivity index is 2.87. The lowest BCUT2D eigenvalue weighted by Crippen LogP contribution is -2.16. The minimum Gasteiger partial charge on any atom is -0.387 e. The van der Waals surface area contributed by atoms with Gasteiger partial charge in [0.15, 0.2) is 6.29 Å². The third-order valence-electron chi connectivity index (χ3n) is 1.51. The van der Waals surface area contributed by atoms with E-state index in [1.807, 2.05) is 0 Å². The van der Waals surface area contributed by atoms with Crippen LogP contribution in [0.2, 0.25) is 0 Å². The molecular weight excluding hydrogens is 170 g/mol. The molecule has 1 aromatic rings.